The summed E-state index contributed by atoms with van der Waals surface area (Å²) in [4.78, 5) is 5.11. The molecule has 0 bridgehead atoms. The zero-order chi connectivity index (χ0) is 9.94. The highest BCUT2D eigenvalue weighted by molar-refractivity contribution is 5.18. The third-order valence-corrected chi connectivity index (χ3v) is 1.64. The summed E-state index contributed by atoms with van der Waals surface area (Å²) in [5.41, 5.74) is 3.91. The van der Waals surface area contributed by atoms with Crippen LogP contribution >= 0.6 is 0 Å². The Hall–Kier alpha value is -0.600. The third-order valence-electron chi connectivity index (χ3n) is 1.64. The number of allylic oxidation sites excluding steroid dienone is 2. The summed E-state index contributed by atoms with van der Waals surface area (Å²) in [5.74, 6) is 0. The van der Waals surface area contributed by atoms with Crippen molar-refractivity contribution in [3.8, 4) is 0 Å². The van der Waals surface area contributed by atoms with Crippen LogP contribution in [0.1, 0.15) is 33.1 Å². The molecule has 0 amide bonds. The van der Waals surface area contributed by atoms with Gasteiger partial charge in [0, 0.05) is 7.05 Å². The molecule has 0 saturated carbocycles. The molecule has 0 aliphatic rings. The fraction of sp³-hybridized carbons (Fsp3) is 0.636. The van der Waals surface area contributed by atoms with Gasteiger partial charge in [0.2, 0.25) is 0 Å². The zero-order valence-corrected chi connectivity index (χ0v) is 8.97. The predicted molar refractivity (Wildman–Crippen MR) is 57.4 cm³/mol. The molecule has 0 radical (unpaired) electrons. The summed E-state index contributed by atoms with van der Waals surface area (Å²) in [7, 11) is 1.78. The van der Waals surface area contributed by atoms with Gasteiger partial charge in [-0.25, -0.2) is 5.48 Å². The van der Waals surface area contributed by atoms with Gasteiger partial charge in [-0.05, 0) is 18.4 Å². The maximum absolute atomic E-state index is 5.11. The maximum Gasteiger partial charge on any atom is 0.0929 e. The molecule has 0 atom stereocenters. The van der Waals surface area contributed by atoms with Gasteiger partial charge in [-0.15, -0.1) is 0 Å². The molecule has 13 heavy (non-hydrogen) atoms. The fourth-order valence-electron chi connectivity index (χ4n) is 0.994. The lowest BCUT2D eigenvalue weighted by Crippen LogP contribution is -2.09. The van der Waals surface area contributed by atoms with E-state index < -0.39 is 0 Å². The molecule has 76 valence electrons. The van der Waals surface area contributed by atoms with Gasteiger partial charge in [-0.2, -0.15) is 0 Å². The minimum absolute atomic E-state index is 0.643. The molecular formula is C11H21NO. The Morgan fingerprint density at radius 1 is 1.38 bits per heavy atom. The number of hydrogen-bond acceptors (Lipinski definition) is 2. The lowest BCUT2D eigenvalue weighted by atomic mass is 10.2. The minimum atomic E-state index is 0.643. The molecule has 0 aliphatic heterocycles. The summed E-state index contributed by atoms with van der Waals surface area (Å²) in [5, 5.41) is 0. The van der Waals surface area contributed by atoms with E-state index in [0.29, 0.717) is 6.61 Å². The van der Waals surface area contributed by atoms with Crippen molar-refractivity contribution in [1.29, 1.82) is 0 Å². The van der Waals surface area contributed by atoms with Crippen molar-refractivity contribution in [3.05, 3.63) is 23.8 Å². The molecule has 0 aromatic heterocycles. The second-order valence-electron chi connectivity index (χ2n) is 2.87. The Morgan fingerprint density at radius 3 is 2.69 bits per heavy atom. The van der Waals surface area contributed by atoms with E-state index in [1.165, 1.54) is 12.0 Å². The molecule has 0 aromatic rings. The van der Waals surface area contributed by atoms with E-state index in [1.54, 1.807) is 7.05 Å². The molecule has 0 fully saturated rings. The Morgan fingerprint density at radius 2 is 2.15 bits per heavy atom. The molecule has 0 rings (SSSR count). The Bertz CT molecular complexity index is 161. The predicted octanol–water partition coefficient (Wildman–Crippen LogP) is 2.83. The molecule has 1 N–H and O–H groups in total. The summed E-state index contributed by atoms with van der Waals surface area (Å²) in [6, 6.07) is 0. The first kappa shape index (κ1) is 12.4. The van der Waals surface area contributed by atoms with Gasteiger partial charge in [-0.1, -0.05) is 38.5 Å². The van der Waals surface area contributed by atoms with E-state index in [4.69, 9.17) is 4.84 Å². The number of hydroxylamine groups is 1. The quantitative estimate of drug-likeness (QED) is 0.484. The fourth-order valence-corrected chi connectivity index (χ4v) is 0.994. The number of nitrogens with one attached hydrogen (secondary N) is 1. The average Bonchev–Trinajstić information content (AvgIpc) is 2.14. The van der Waals surface area contributed by atoms with Crippen molar-refractivity contribution in [1.82, 2.24) is 5.48 Å². The molecule has 0 aromatic carbocycles. The number of unbranched alkanes of at least 4 members (excludes halogenated alkanes) is 1. The molecule has 0 spiro atoms. The standard InChI is InChI=1S/C11H21NO/c1-4-6-7-9-11(8-5-2)10-13-12-3/h7-9,12H,4-6,10H2,1-3H3/b9-7-,11-8+. The van der Waals surface area contributed by atoms with Crippen molar-refractivity contribution >= 4 is 0 Å². The van der Waals surface area contributed by atoms with E-state index in [2.05, 4.69) is 37.6 Å². The van der Waals surface area contributed by atoms with E-state index in [-0.39, 0.29) is 0 Å². The summed E-state index contributed by atoms with van der Waals surface area (Å²) in [6.45, 7) is 4.95. The van der Waals surface area contributed by atoms with Gasteiger partial charge >= 0.3 is 0 Å². The first-order chi connectivity index (χ1) is 6.35. The monoisotopic (exact) mass is 183 g/mol. The van der Waals surface area contributed by atoms with Gasteiger partial charge in [0.15, 0.2) is 0 Å². The molecular weight excluding hydrogens is 162 g/mol. The van der Waals surface area contributed by atoms with Crippen LogP contribution in [-0.4, -0.2) is 13.7 Å². The van der Waals surface area contributed by atoms with Crippen LogP contribution < -0.4 is 5.48 Å². The zero-order valence-electron chi connectivity index (χ0n) is 8.97. The van der Waals surface area contributed by atoms with Crippen LogP contribution in [0, 0.1) is 0 Å². The van der Waals surface area contributed by atoms with Crippen molar-refractivity contribution in [2.45, 2.75) is 33.1 Å². The lowest BCUT2D eigenvalue weighted by Gasteiger charge is -2.02. The number of hydrogen-bond donors (Lipinski definition) is 1. The highest BCUT2D eigenvalue weighted by Gasteiger charge is 1.90. The van der Waals surface area contributed by atoms with Crippen LogP contribution in [0.5, 0.6) is 0 Å². The molecule has 0 heterocycles. The molecule has 0 unspecified atom stereocenters. The topological polar surface area (TPSA) is 21.3 Å². The van der Waals surface area contributed by atoms with E-state index in [9.17, 15) is 0 Å². The van der Waals surface area contributed by atoms with Crippen LogP contribution in [0.3, 0.4) is 0 Å². The van der Waals surface area contributed by atoms with Gasteiger partial charge in [-0.3, -0.25) is 4.84 Å². The SMILES string of the molecule is CC/C=C(\C=C/CCC)CONC. The summed E-state index contributed by atoms with van der Waals surface area (Å²) in [6.07, 6.45) is 9.91. The minimum Gasteiger partial charge on any atom is -0.297 e. The van der Waals surface area contributed by atoms with E-state index in [0.717, 1.165) is 12.8 Å². The third kappa shape index (κ3) is 7.75. The van der Waals surface area contributed by atoms with Crippen LogP contribution in [0.15, 0.2) is 23.8 Å². The Kier molecular flexibility index (Phi) is 9.05. The van der Waals surface area contributed by atoms with Crippen LogP contribution in [0.2, 0.25) is 0 Å². The Labute approximate surface area is 81.6 Å². The first-order valence-corrected chi connectivity index (χ1v) is 4.99. The highest BCUT2D eigenvalue weighted by Crippen LogP contribution is 2.01. The molecule has 2 nitrogen and oxygen atoms in total. The van der Waals surface area contributed by atoms with Gasteiger partial charge in [0.1, 0.15) is 0 Å². The summed E-state index contributed by atoms with van der Waals surface area (Å²) < 4.78 is 0. The van der Waals surface area contributed by atoms with Gasteiger partial charge in [0.25, 0.3) is 0 Å². The maximum atomic E-state index is 5.11. The van der Waals surface area contributed by atoms with Crippen LogP contribution in [-0.2, 0) is 4.84 Å². The molecule has 0 saturated heterocycles. The van der Waals surface area contributed by atoms with Crippen LogP contribution in [0.4, 0.5) is 0 Å². The second-order valence-corrected chi connectivity index (χ2v) is 2.87. The summed E-state index contributed by atoms with van der Waals surface area (Å²) >= 11 is 0. The van der Waals surface area contributed by atoms with Crippen molar-refractivity contribution in [2.24, 2.45) is 0 Å². The van der Waals surface area contributed by atoms with Gasteiger partial charge in [0.05, 0.1) is 6.61 Å². The second kappa shape index (κ2) is 9.49. The number of rotatable bonds is 7. The van der Waals surface area contributed by atoms with Crippen LogP contribution in [0.25, 0.3) is 0 Å². The molecule has 2 heteroatoms. The highest BCUT2D eigenvalue weighted by atomic mass is 16.6. The average molecular weight is 183 g/mol. The first-order valence-electron chi connectivity index (χ1n) is 4.99. The van der Waals surface area contributed by atoms with Gasteiger partial charge < -0.3 is 0 Å². The van der Waals surface area contributed by atoms with E-state index >= 15 is 0 Å². The Balaban J connectivity index is 3.87. The lowest BCUT2D eigenvalue weighted by molar-refractivity contribution is 0.0774. The smallest absolute Gasteiger partial charge is 0.0929 e. The van der Waals surface area contributed by atoms with Crippen molar-refractivity contribution in [2.75, 3.05) is 13.7 Å². The van der Waals surface area contributed by atoms with Crippen molar-refractivity contribution in [3.63, 3.8) is 0 Å². The van der Waals surface area contributed by atoms with E-state index in [1.807, 2.05) is 0 Å². The van der Waals surface area contributed by atoms with Crippen molar-refractivity contribution < 1.29 is 4.84 Å². The normalized spacial score (nSPS) is 12.7. The largest absolute Gasteiger partial charge is 0.297 e. The molecule has 0 aliphatic carbocycles.